The monoisotopic (exact) mass is 250 g/mol. The molecular formula is C14H22N2O2. The number of hydrogen-bond acceptors (Lipinski definition) is 4. The van der Waals surface area contributed by atoms with Crippen molar-refractivity contribution in [2.45, 2.75) is 19.4 Å². The molecule has 1 fully saturated rings. The summed E-state index contributed by atoms with van der Waals surface area (Å²) < 4.78 is 10.7. The van der Waals surface area contributed by atoms with Gasteiger partial charge in [-0.1, -0.05) is 6.92 Å². The maximum atomic E-state index is 5.43. The van der Waals surface area contributed by atoms with Gasteiger partial charge < -0.3 is 19.7 Å². The lowest BCUT2D eigenvalue weighted by Gasteiger charge is -2.22. The van der Waals surface area contributed by atoms with Gasteiger partial charge in [-0.15, -0.1) is 0 Å². The molecule has 0 amide bonds. The van der Waals surface area contributed by atoms with E-state index in [1.54, 1.807) is 14.2 Å². The number of nitrogens with zero attached hydrogens (tertiary/aromatic N) is 1. The Bertz CT molecular complexity index is 395. The van der Waals surface area contributed by atoms with Crippen molar-refractivity contribution in [3.63, 3.8) is 0 Å². The molecule has 0 radical (unpaired) electrons. The van der Waals surface area contributed by atoms with E-state index < -0.39 is 0 Å². The van der Waals surface area contributed by atoms with Crippen LogP contribution < -0.4 is 19.7 Å². The van der Waals surface area contributed by atoms with E-state index >= 15 is 0 Å². The average Bonchev–Trinajstić information content (AvgIpc) is 2.87. The highest BCUT2D eigenvalue weighted by Crippen LogP contribution is 2.34. The first kappa shape index (κ1) is 13.0. The number of likely N-dealkylation sites (N-methyl/N-ethyl adjacent to an activating group) is 1. The molecule has 1 aliphatic heterocycles. The minimum Gasteiger partial charge on any atom is -0.497 e. The van der Waals surface area contributed by atoms with E-state index in [9.17, 15) is 0 Å². The molecule has 0 aromatic heterocycles. The van der Waals surface area contributed by atoms with Crippen molar-refractivity contribution in [2.75, 3.05) is 38.8 Å². The quantitative estimate of drug-likeness (QED) is 0.865. The molecule has 100 valence electrons. The van der Waals surface area contributed by atoms with Crippen molar-refractivity contribution in [2.24, 2.45) is 0 Å². The molecule has 1 heterocycles. The van der Waals surface area contributed by atoms with Crippen molar-refractivity contribution < 1.29 is 9.47 Å². The summed E-state index contributed by atoms with van der Waals surface area (Å²) in [6.45, 7) is 5.25. The predicted molar refractivity (Wildman–Crippen MR) is 73.8 cm³/mol. The van der Waals surface area contributed by atoms with Gasteiger partial charge in [-0.3, -0.25) is 0 Å². The lowest BCUT2D eigenvalue weighted by molar-refractivity contribution is 0.403. The fourth-order valence-corrected chi connectivity index (χ4v) is 2.48. The van der Waals surface area contributed by atoms with Gasteiger partial charge in [0.05, 0.1) is 19.9 Å². The Labute approximate surface area is 109 Å². The number of rotatable bonds is 5. The van der Waals surface area contributed by atoms with E-state index in [2.05, 4.69) is 17.1 Å². The highest BCUT2D eigenvalue weighted by Gasteiger charge is 2.24. The van der Waals surface area contributed by atoms with Crippen LogP contribution in [0.3, 0.4) is 0 Å². The van der Waals surface area contributed by atoms with Gasteiger partial charge in [-0.05, 0) is 25.1 Å². The highest BCUT2D eigenvalue weighted by atomic mass is 16.5. The van der Waals surface area contributed by atoms with Crippen molar-refractivity contribution in [1.29, 1.82) is 0 Å². The summed E-state index contributed by atoms with van der Waals surface area (Å²) in [4.78, 5) is 2.36. The van der Waals surface area contributed by atoms with E-state index in [1.807, 2.05) is 18.2 Å². The van der Waals surface area contributed by atoms with Crippen molar-refractivity contribution in [3.8, 4) is 11.5 Å². The molecule has 1 N–H and O–H groups in total. The summed E-state index contributed by atoms with van der Waals surface area (Å²) in [5.74, 6) is 1.78. The SMILES string of the molecule is CCNC1CCN(c2cc(OC)ccc2OC)C1. The van der Waals surface area contributed by atoms with Crippen LogP contribution in [0.4, 0.5) is 5.69 Å². The second-order valence-electron chi connectivity index (χ2n) is 4.53. The zero-order chi connectivity index (χ0) is 13.0. The number of methoxy groups -OCH3 is 2. The number of hydrogen-bond donors (Lipinski definition) is 1. The van der Waals surface area contributed by atoms with Crippen LogP contribution in [0, 0.1) is 0 Å². The Morgan fingerprint density at radius 3 is 2.83 bits per heavy atom. The highest BCUT2D eigenvalue weighted by molar-refractivity contribution is 5.62. The molecule has 2 rings (SSSR count). The first-order chi connectivity index (χ1) is 8.78. The Morgan fingerprint density at radius 2 is 2.17 bits per heavy atom. The number of ether oxygens (including phenoxy) is 2. The molecule has 1 aromatic carbocycles. The lowest BCUT2D eigenvalue weighted by atomic mass is 10.2. The standard InChI is InChI=1S/C14H22N2O2/c1-4-15-11-7-8-16(10-11)13-9-12(17-2)5-6-14(13)18-3/h5-6,9,11,15H,4,7-8,10H2,1-3H3. The van der Waals surface area contributed by atoms with E-state index in [1.165, 1.54) is 6.42 Å². The van der Waals surface area contributed by atoms with Crippen LogP contribution in [0.2, 0.25) is 0 Å². The molecule has 1 saturated heterocycles. The van der Waals surface area contributed by atoms with Gasteiger partial charge in [0.25, 0.3) is 0 Å². The molecule has 0 spiro atoms. The topological polar surface area (TPSA) is 33.7 Å². The summed E-state index contributed by atoms with van der Waals surface area (Å²) in [6.07, 6.45) is 1.17. The van der Waals surface area contributed by atoms with Gasteiger partial charge in [0.15, 0.2) is 0 Å². The fraction of sp³-hybridized carbons (Fsp3) is 0.571. The van der Waals surface area contributed by atoms with Gasteiger partial charge >= 0.3 is 0 Å². The maximum Gasteiger partial charge on any atom is 0.142 e. The van der Waals surface area contributed by atoms with Crippen LogP contribution in [0.5, 0.6) is 11.5 Å². The third-order valence-corrected chi connectivity index (χ3v) is 3.41. The van der Waals surface area contributed by atoms with Crippen LogP contribution in [0.1, 0.15) is 13.3 Å². The summed E-state index contributed by atoms with van der Waals surface area (Å²) in [5.41, 5.74) is 1.12. The minimum absolute atomic E-state index is 0.575. The van der Waals surface area contributed by atoms with Gasteiger partial charge in [0, 0.05) is 25.2 Å². The molecule has 1 aliphatic rings. The second-order valence-corrected chi connectivity index (χ2v) is 4.53. The van der Waals surface area contributed by atoms with Gasteiger partial charge in [-0.2, -0.15) is 0 Å². The number of nitrogens with one attached hydrogen (secondary N) is 1. The van der Waals surface area contributed by atoms with Crippen LogP contribution in [-0.2, 0) is 0 Å². The van der Waals surface area contributed by atoms with E-state index in [0.29, 0.717) is 6.04 Å². The fourth-order valence-electron chi connectivity index (χ4n) is 2.48. The Balaban J connectivity index is 2.16. The van der Waals surface area contributed by atoms with E-state index in [4.69, 9.17) is 9.47 Å². The van der Waals surface area contributed by atoms with Crippen molar-refractivity contribution in [1.82, 2.24) is 5.32 Å². The zero-order valence-corrected chi connectivity index (χ0v) is 11.4. The van der Waals surface area contributed by atoms with Crippen LogP contribution in [0.25, 0.3) is 0 Å². The number of benzene rings is 1. The molecule has 1 unspecified atom stereocenters. The second kappa shape index (κ2) is 5.96. The van der Waals surface area contributed by atoms with Crippen LogP contribution in [0.15, 0.2) is 18.2 Å². The Morgan fingerprint density at radius 1 is 1.33 bits per heavy atom. The summed E-state index contributed by atoms with van der Waals surface area (Å²) in [6, 6.07) is 6.52. The first-order valence-electron chi connectivity index (χ1n) is 6.48. The normalized spacial score (nSPS) is 19.1. The van der Waals surface area contributed by atoms with Gasteiger partial charge in [0.2, 0.25) is 0 Å². The smallest absolute Gasteiger partial charge is 0.142 e. The van der Waals surface area contributed by atoms with E-state index in [0.717, 1.165) is 36.8 Å². The lowest BCUT2D eigenvalue weighted by Crippen LogP contribution is -2.32. The minimum atomic E-state index is 0.575. The molecule has 4 heteroatoms. The molecule has 0 aliphatic carbocycles. The Hall–Kier alpha value is -1.42. The first-order valence-corrected chi connectivity index (χ1v) is 6.48. The molecular weight excluding hydrogens is 228 g/mol. The summed E-state index contributed by atoms with van der Waals surface area (Å²) in [7, 11) is 3.40. The predicted octanol–water partition coefficient (Wildman–Crippen LogP) is 1.89. The molecule has 1 aromatic rings. The van der Waals surface area contributed by atoms with Crippen molar-refractivity contribution >= 4 is 5.69 Å². The molecule has 1 atom stereocenters. The van der Waals surface area contributed by atoms with Crippen LogP contribution in [-0.4, -0.2) is 39.9 Å². The number of anilines is 1. The molecule has 4 nitrogen and oxygen atoms in total. The zero-order valence-electron chi connectivity index (χ0n) is 11.4. The summed E-state index contributed by atoms with van der Waals surface area (Å²) >= 11 is 0. The third-order valence-electron chi connectivity index (χ3n) is 3.41. The van der Waals surface area contributed by atoms with Crippen LogP contribution >= 0.6 is 0 Å². The largest absolute Gasteiger partial charge is 0.497 e. The molecule has 18 heavy (non-hydrogen) atoms. The Kier molecular flexibility index (Phi) is 4.31. The molecule has 0 bridgehead atoms. The summed E-state index contributed by atoms with van der Waals surface area (Å²) in [5, 5.41) is 3.50. The van der Waals surface area contributed by atoms with Gasteiger partial charge in [-0.25, -0.2) is 0 Å². The van der Waals surface area contributed by atoms with Crippen molar-refractivity contribution in [3.05, 3.63) is 18.2 Å². The maximum absolute atomic E-state index is 5.43. The molecule has 0 saturated carbocycles. The third kappa shape index (κ3) is 2.70. The van der Waals surface area contributed by atoms with E-state index in [-0.39, 0.29) is 0 Å². The van der Waals surface area contributed by atoms with Gasteiger partial charge in [0.1, 0.15) is 11.5 Å². The average molecular weight is 250 g/mol.